The van der Waals surface area contributed by atoms with Gasteiger partial charge in [0.15, 0.2) is 11.7 Å². The van der Waals surface area contributed by atoms with Crippen molar-refractivity contribution in [2.24, 2.45) is 18.0 Å². The first-order valence-electron chi connectivity index (χ1n) is 10.6. The first-order chi connectivity index (χ1) is 14.2. The number of rotatable bonds is 7. The summed E-state index contributed by atoms with van der Waals surface area (Å²) < 4.78 is 40.5. The molecule has 0 unspecified atom stereocenters. The fourth-order valence-electron chi connectivity index (χ4n) is 3.71. The molecule has 1 aliphatic heterocycles. The van der Waals surface area contributed by atoms with E-state index in [9.17, 15) is 18.0 Å². The van der Waals surface area contributed by atoms with Crippen molar-refractivity contribution in [2.45, 2.75) is 65.2 Å². The van der Waals surface area contributed by atoms with E-state index in [1.165, 1.54) is 13.2 Å². The largest absolute Gasteiger partial charge is 0.435 e. The summed E-state index contributed by atoms with van der Waals surface area (Å²) in [7, 11) is 1.46. The summed E-state index contributed by atoms with van der Waals surface area (Å²) in [5.74, 6) is 0.769. The quantitative estimate of drug-likeness (QED) is 0.305. The van der Waals surface area contributed by atoms with E-state index in [4.69, 9.17) is 0 Å². The van der Waals surface area contributed by atoms with E-state index in [0.717, 1.165) is 30.4 Å². The topological polar surface area (TPSA) is 74.6 Å². The highest BCUT2D eigenvalue weighted by Gasteiger charge is 2.36. The summed E-state index contributed by atoms with van der Waals surface area (Å²) in [5, 5.41) is 9.91. The number of carbonyl (C=O) groups is 1. The molecule has 0 aromatic carbocycles. The minimum absolute atomic E-state index is 0. The van der Waals surface area contributed by atoms with Gasteiger partial charge in [-0.25, -0.2) is 4.99 Å². The van der Waals surface area contributed by atoms with Crippen LogP contribution >= 0.6 is 24.0 Å². The molecule has 0 saturated carbocycles. The lowest BCUT2D eigenvalue weighted by Gasteiger charge is -2.34. The maximum absolute atomic E-state index is 13.1. The maximum atomic E-state index is 13.1. The molecule has 1 aromatic rings. The van der Waals surface area contributed by atoms with Crippen molar-refractivity contribution in [1.29, 1.82) is 0 Å². The van der Waals surface area contributed by atoms with E-state index in [0.29, 0.717) is 25.6 Å². The lowest BCUT2D eigenvalue weighted by Crippen LogP contribution is -2.50. The highest BCUT2D eigenvalue weighted by Crippen LogP contribution is 2.30. The van der Waals surface area contributed by atoms with Gasteiger partial charge in [0.05, 0.1) is 6.54 Å². The molecule has 1 fully saturated rings. The number of nitrogens with one attached hydrogen (secondary N) is 2. The molecular weight excluding hydrogens is 524 g/mol. The number of amides is 1. The third kappa shape index (κ3) is 7.83. The minimum Gasteiger partial charge on any atom is -0.357 e. The molecule has 7 nitrogen and oxygen atoms in total. The molecular formula is C20H34F3IN6O. The number of aliphatic imine (C=N–C) groups is 1. The molecule has 0 aliphatic carbocycles. The van der Waals surface area contributed by atoms with Crippen LogP contribution in [-0.2, 0) is 24.6 Å². The van der Waals surface area contributed by atoms with Crippen molar-refractivity contribution in [3.05, 3.63) is 17.5 Å². The molecule has 2 N–H and O–H groups in total. The number of piperidine rings is 1. The Labute approximate surface area is 199 Å². The first-order valence-corrected chi connectivity index (χ1v) is 10.6. The molecule has 31 heavy (non-hydrogen) atoms. The Morgan fingerprint density at radius 3 is 2.39 bits per heavy atom. The second-order valence-corrected chi connectivity index (χ2v) is 7.63. The van der Waals surface area contributed by atoms with Gasteiger partial charge in [-0.1, -0.05) is 13.8 Å². The number of guanidine groups is 1. The molecule has 1 aliphatic rings. The zero-order valence-corrected chi connectivity index (χ0v) is 21.0. The van der Waals surface area contributed by atoms with E-state index in [-0.39, 0.29) is 54.0 Å². The molecule has 1 saturated heterocycles. The standard InChI is InChI=1S/C20H33F3N6O.HI/c1-5-14(6-2)18(30)29-10-8-16(9-11-29)26-19(24-7-3)25-12-15-13-28(4)27-17(15)20(21,22)23;/h13-14,16H,5-12H2,1-4H3,(H2,24,25,26);1H. The SMILES string of the molecule is CCNC(=NCc1cn(C)nc1C(F)(F)F)NC1CCN(C(=O)C(CC)CC)CC1.I. The average molecular weight is 558 g/mol. The molecule has 0 radical (unpaired) electrons. The van der Waals surface area contributed by atoms with Crippen molar-refractivity contribution < 1.29 is 18.0 Å². The number of hydrogen-bond acceptors (Lipinski definition) is 3. The van der Waals surface area contributed by atoms with E-state index >= 15 is 0 Å². The summed E-state index contributed by atoms with van der Waals surface area (Å²) in [6.07, 6.45) is 0.0793. The number of alkyl halides is 3. The van der Waals surface area contributed by atoms with Crippen LogP contribution < -0.4 is 10.6 Å². The summed E-state index contributed by atoms with van der Waals surface area (Å²) in [6.45, 7) is 7.79. The lowest BCUT2D eigenvalue weighted by atomic mass is 9.98. The Kier molecular flexibility index (Phi) is 11.1. The van der Waals surface area contributed by atoms with E-state index in [1.807, 2.05) is 25.7 Å². The number of halogens is 4. The van der Waals surface area contributed by atoms with Gasteiger partial charge in [-0.2, -0.15) is 18.3 Å². The van der Waals surface area contributed by atoms with Gasteiger partial charge in [0.25, 0.3) is 0 Å². The number of likely N-dealkylation sites (tertiary alicyclic amines) is 1. The minimum atomic E-state index is -4.51. The third-order valence-electron chi connectivity index (χ3n) is 5.41. The lowest BCUT2D eigenvalue weighted by molar-refractivity contribution is -0.142. The first kappa shape index (κ1) is 27.5. The second-order valence-electron chi connectivity index (χ2n) is 7.63. The molecule has 1 amide bonds. The molecule has 178 valence electrons. The van der Waals surface area contributed by atoms with Crippen LogP contribution in [0.4, 0.5) is 13.2 Å². The van der Waals surface area contributed by atoms with Crippen LogP contribution in [-0.4, -0.2) is 52.2 Å². The van der Waals surface area contributed by atoms with Crippen molar-refractivity contribution in [1.82, 2.24) is 25.3 Å². The van der Waals surface area contributed by atoms with Crippen LogP contribution in [0, 0.1) is 5.92 Å². The van der Waals surface area contributed by atoms with Crippen molar-refractivity contribution in [3.8, 4) is 0 Å². The predicted molar refractivity (Wildman–Crippen MR) is 125 cm³/mol. The van der Waals surface area contributed by atoms with Crippen LogP contribution in [0.1, 0.15) is 57.7 Å². The van der Waals surface area contributed by atoms with Crippen molar-refractivity contribution in [3.63, 3.8) is 0 Å². The van der Waals surface area contributed by atoms with Gasteiger partial charge in [0, 0.05) is 50.4 Å². The maximum Gasteiger partial charge on any atom is 0.435 e. The van der Waals surface area contributed by atoms with Crippen LogP contribution in [0.3, 0.4) is 0 Å². The fourth-order valence-corrected chi connectivity index (χ4v) is 3.71. The Hall–Kier alpha value is -1.53. The fraction of sp³-hybridized carbons (Fsp3) is 0.750. The van der Waals surface area contributed by atoms with Gasteiger partial charge < -0.3 is 15.5 Å². The summed E-state index contributed by atoms with van der Waals surface area (Å²) in [6, 6.07) is 0.115. The Morgan fingerprint density at radius 2 is 1.87 bits per heavy atom. The van der Waals surface area contributed by atoms with E-state index in [2.05, 4.69) is 20.7 Å². The van der Waals surface area contributed by atoms with Crippen LogP contribution in [0.15, 0.2) is 11.2 Å². The molecule has 2 heterocycles. The molecule has 0 spiro atoms. The van der Waals surface area contributed by atoms with E-state index in [1.54, 1.807) is 0 Å². The zero-order valence-electron chi connectivity index (χ0n) is 18.6. The normalized spacial score (nSPS) is 15.7. The highest BCUT2D eigenvalue weighted by molar-refractivity contribution is 14.0. The Bertz CT molecular complexity index is 725. The van der Waals surface area contributed by atoms with Gasteiger partial charge in [-0.3, -0.25) is 9.48 Å². The van der Waals surface area contributed by atoms with Crippen molar-refractivity contribution >= 4 is 35.8 Å². The van der Waals surface area contributed by atoms with Gasteiger partial charge in [-0.15, -0.1) is 24.0 Å². The summed E-state index contributed by atoms with van der Waals surface area (Å²) in [5.41, 5.74) is -0.870. The summed E-state index contributed by atoms with van der Waals surface area (Å²) in [4.78, 5) is 18.8. The number of aryl methyl sites for hydroxylation is 1. The van der Waals surface area contributed by atoms with Gasteiger partial charge in [-0.05, 0) is 32.6 Å². The van der Waals surface area contributed by atoms with Gasteiger partial charge in [0.2, 0.25) is 5.91 Å². The zero-order chi connectivity index (χ0) is 22.3. The number of hydrogen-bond donors (Lipinski definition) is 2. The Balaban J connectivity index is 0.00000480. The Morgan fingerprint density at radius 1 is 1.26 bits per heavy atom. The average Bonchev–Trinajstić information content (AvgIpc) is 3.09. The monoisotopic (exact) mass is 558 g/mol. The number of aromatic nitrogens is 2. The highest BCUT2D eigenvalue weighted by atomic mass is 127. The van der Waals surface area contributed by atoms with Crippen molar-refractivity contribution in [2.75, 3.05) is 19.6 Å². The van der Waals surface area contributed by atoms with Crippen LogP contribution in [0.25, 0.3) is 0 Å². The van der Waals surface area contributed by atoms with Gasteiger partial charge >= 0.3 is 6.18 Å². The molecule has 0 bridgehead atoms. The third-order valence-corrected chi connectivity index (χ3v) is 5.41. The number of carbonyl (C=O) groups excluding carboxylic acids is 1. The predicted octanol–water partition coefficient (Wildman–Crippen LogP) is 3.54. The smallest absolute Gasteiger partial charge is 0.357 e. The second kappa shape index (κ2) is 12.5. The number of nitrogens with zero attached hydrogens (tertiary/aromatic N) is 4. The molecule has 1 aromatic heterocycles. The van der Waals surface area contributed by atoms with Crippen LogP contribution in [0.5, 0.6) is 0 Å². The molecule has 0 atom stereocenters. The summed E-state index contributed by atoms with van der Waals surface area (Å²) >= 11 is 0. The van der Waals surface area contributed by atoms with E-state index < -0.39 is 11.9 Å². The molecule has 11 heteroatoms. The van der Waals surface area contributed by atoms with Gasteiger partial charge in [0.1, 0.15) is 0 Å². The molecule has 2 rings (SSSR count). The van der Waals surface area contributed by atoms with Crippen LogP contribution in [0.2, 0.25) is 0 Å².